The molecule has 0 amide bonds. The van der Waals surface area contributed by atoms with E-state index in [1.54, 1.807) is 0 Å². The number of fused-ring (bicyclic) bond motifs is 4. The van der Waals surface area contributed by atoms with E-state index in [2.05, 4.69) is 235 Å². The van der Waals surface area contributed by atoms with Crippen LogP contribution in [-0.4, -0.2) is 0 Å². The monoisotopic (exact) mass is 789 g/mol. The van der Waals surface area contributed by atoms with Crippen LogP contribution in [0.4, 0.5) is 17.1 Å². The number of hydrogen-bond donors (Lipinski definition) is 0. The van der Waals surface area contributed by atoms with E-state index in [1.807, 2.05) is 6.07 Å². The van der Waals surface area contributed by atoms with Crippen molar-refractivity contribution >= 4 is 49.4 Å². The number of nitrogens with zero attached hydrogens (tertiary/aromatic N) is 1. The smallest absolute Gasteiger partial charge is 0.135 e. The van der Waals surface area contributed by atoms with Gasteiger partial charge in [0, 0.05) is 27.9 Å². The zero-order valence-corrected chi connectivity index (χ0v) is 33.9. The van der Waals surface area contributed by atoms with Gasteiger partial charge >= 0.3 is 0 Å². The van der Waals surface area contributed by atoms with Crippen LogP contribution in [0.25, 0.3) is 88.0 Å². The molecule has 290 valence electrons. The van der Waals surface area contributed by atoms with Crippen LogP contribution in [0.3, 0.4) is 0 Å². The van der Waals surface area contributed by atoms with E-state index < -0.39 is 0 Å². The second-order valence-corrected chi connectivity index (χ2v) is 16.1. The van der Waals surface area contributed by atoms with Crippen LogP contribution in [0.15, 0.2) is 237 Å². The van der Waals surface area contributed by atoms with E-state index in [1.165, 1.54) is 60.5 Å². The molecule has 0 atom stereocenters. The van der Waals surface area contributed by atoms with E-state index in [-0.39, 0.29) is 0 Å². The van der Waals surface area contributed by atoms with Crippen LogP contribution in [0.1, 0.15) is 0 Å². The average molecular weight is 790 g/mol. The highest BCUT2D eigenvalue weighted by Gasteiger charge is 2.22. The number of benzene rings is 11. The van der Waals surface area contributed by atoms with Crippen LogP contribution in [0, 0.1) is 0 Å². The van der Waals surface area contributed by atoms with Crippen molar-refractivity contribution in [2.75, 3.05) is 4.90 Å². The van der Waals surface area contributed by atoms with E-state index >= 15 is 0 Å². The predicted molar refractivity (Wildman–Crippen MR) is 261 cm³/mol. The van der Waals surface area contributed by atoms with Crippen molar-refractivity contribution in [3.8, 4) is 67.1 Å². The Balaban J connectivity index is 0.983. The minimum atomic E-state index is 0.888. The molecule has 0 aromatic heterocycles. The maximum atomic E-state index is 6.39. The summed E-state index contributed by atoms with van der Waals surface area (Å²) in [5.41, 5.74) is 15.1. The van der Waals surface area contributed by atoms with Gasteiger partial charge in [-0.05, 0) is 126 Å². The number of hydrogen-bond acceptors (Lipinski definition) is 2. The first-order valence-electron chi connectivity index (χ1n) is 21.2. The van der Waals surface area contributed by atoms with Crippen molar-refractivity contribution in [3.63, 3.8) is 0 Å². The van der Waals surface area contributed by atoms with Gasteiger partial charge in [-0.25, -0.2) is 0 Å². The lowest BCUT2D eigenvalue weighted by Crippen LogP contribution is -2.11. The molecule has 11 aromatic carbocycles. The van der Waals surface area contributed by atoms with E-state index in [4.69, 9.17) is 4.74 Å². The molecule has 0 unspecified atom stereocenters. The summed E-state index contributed by atoms with van der Waals surface area (Å²) >= 11 is 0. The Morgan fingerprint density at radius 1 is 0.274 bits per heavy atom. The molecule has 0 N–H and O–H groups in total. The van der Waals surface area contributed by atoms with Gasteiger partial charge in [-0.15, -0.1) is 0 Å². The summed E-state index contributed by atoms with van der Waals surface area (Å²) in [6.45, 7) is 0. The van der Waals surface area contributed by atoms with Gasteiger partial charge in [0.2, 0.25) is 0 Å². The first-order chi connectivity index (χ1) is 30.7. The topological polar surface area (TPSA) is 12.5 Å². The highest BCUT2D eigenvalue weighted by atomic mass is 16.5. The maximum Gasteiger partial charge on any atom is 0.135 e. The molecule has 11 aromatic rings. The Labute approximate surface area is 361 Å². The normalized spacial score (nSPS) is 11.7. The Morgan fingerprint density at radius 3 is 1.61 bits per heavy atom. The third kappa shape index (κ3) is 6.12. The molecule has 0 aliphatic carbocycles. The first-order valence-corrected chi connectivity index (χ1v) is 21.2. The van der Waals surface area contributed by atoms with Gasteiger partial charge in [0.15, 0.2) is 0 Å². The summed E-state index contributed by atoms with van der Waals surface area (Å²) in [5.74, 6) is 1.79. The molecule has 1 aliphatic heterocycles. The lowest BCUT2D eigenvalue weighted by Gasteiger charge is -2.29. The average Bonchev–Trinajstić information content (AvgIpc) is 3.34. The van der Waals surface area contributed by atoms with Gasteiger partial charge in [-0.3, -0.25) is 0 Å². The van der Waals surface area contributed by atoms with Crippen molar-refractivity contribution in [1.82, 2.24) is 0 Å². The Hall–Kier alpha value is -8.20. The molecule has 12 rings (SSSR count). The minimum Gasteiger partial charge on any atom is -0.456 e. The third-order valence-corrected chi connectivity index (χ3v) is 12.4. The number of anilines is 3. The lowest BCUT2D eigenvalue weighted by molar-refractivity contribution is 0.487. The van der Waals surface area contributed by atoms with E-state index in [0.29, 0.717) is 0 Å². The second-order valence-electron chi connectivity index (χ2n) is 16.1. The summed E-state index contributed by atoms with van der Waals surface area (Å²) in [6, 6.07) is 85.6. The molecule has 62 heavy (non-hydrogen) atoms. The van der Waals surface area contributed by atoms with Crippen LogP contribution < -0.4 is 9.64 Å². The minimum absolute atomic E-state index is 0.888. The van der Waals surface area contributed by atoms with Gasteiger partial charge in [0.25, 0.3) is 0 Å². The largest absolute Gasteiger partial charge is 0.456 e. The quantitative estimate of drug-likeness (QED) is 0.159. The van der Waals surface area contributed by atoms with Crippen molar-refractivity contribution in [2.24, 2.45) is 0 Å². The van der Waals surface area contributed by atoms with Crippen molar-refractivity contribution < 1.29 is 4.74 Å². The van der Waals surface area contributed by atoms with Crippen molar-refractivity contribution in [1.29, 1.82) is 0 Å². The molecule has 0 bridgehead atoms. The zero-order valence-electron chi connectivity index (χ0n) is 33.9. The first kappa shape index (κ1) is 35.7. The standard InChI is InChI=1S/C60H39NO/c1-3-20-50-42(13-1)15-10-24-51(50)44-31-29-40(30-32-44)41-33-35-48(36-34-41)61(57-26-7-5-22-54(57)53-25-11-16-43-14-2-4-21-52(43)53)49-19-9-17-45(38-49)47-37-46-18-12-28-59-60(46)56(39-47)55-23-6-8-27-58(55)62-59/h1-39H. The van der Waals surface area contributed by atoms with Gasteiger partial charge < -0.3 is 9.64 Å². The highest BCUT2D eigenvalue weighted by Crippen LogP contribution is 2.49. The summed E-state index contributed by atoms with van der Waals surface area (Å²) in [7, 11) is 0. The van der Waals surface area contributed by atoms with Crippen LogP contribution in [0.5, 0.6) is 11.5 Å². The molecular formula is C60H39NO. The Bertz CT molecular complexity index is 3480. The van der Waals surface area contributed by atoms with Crippen LogP contribution >= 0.6 is 0 Å². The summed E-state index contributed by atoms with van der Waals surface area (Å²) in [4.78, 5) is 2.42. The molecule has 0 saturated heterocycles. The number of ether oxygens (including phenoxy) is 1. The fourth-order valence-corrected chi connectivity index (χ4v) is 9.49. The molecule has 0 saturated carbocycles. The van der Waals surface area contributed by atoms with E-state index in [0.717, 1.165) is 56.0 Å². The van der Waals surface area contributed by atoms with Gasteiger partial charge in [-0.1, -0.05) is 182 Å². The SMILES string of the molecule is c1cc(-c2cc3c4c(cccc4c2)Oc2ccccc2-3)cc(N(c2ccc(-c3ccc(-c4cccc5ccccc45)cc3)cc2)c2ccccc2-c2cccc3ccccc23)c1. The van der Waals surface area contributed by atoms with Crippen molar-refractivity contribution in [2.45, 2.75) is 0 Å². The Kier molecular flexibility index (Phi) is 8.53. The van der Waals surface area contributed by atoms with Crippen LogP contribution in [0.2, 0.25) is 0 Å². The number of rotatable bonds is 7. The lowest BCUT2D eigenvalue weighted by atomic mass is 9.90. The molecule has 1 heterocycles. The van der Waals surface area contributed by atoms with Gasteiger partial charge in [-0.2, -0.15) is 0 Å². The molecular weight excluding hydrogens is 751 g/mol. The number of para-hydroxylation sites is 2. The Morgan fingerprint density at radius 2 is 0.823 bits per heavy atom. The predicted octanol–water partition coefficient (Wildman–Crippen LogP) is 17.1. The van der Waals surface area contributed by atoms with E-state index in [9.17, 15) is 0 Å². The fourth-order valence-electron chi connectivity index (χ4n) is 9.49. The fraction of sp³-hybridized carbons (Fsp3) is 0. The molecule has 0 radical (unpaired) electrons. The van der Waals surface area contributed by atoms with Gasteiger partial charge in [0.1, 0.15) is 11.5 Å². The molecule has 2 heteroatoms. The molecule has 0 spiro atoms. The third-order valence-electron chi connectivity index (χ3n) is 12.4. The van der Waals surface area contributed by atoms with Crippen LogP contribution in [-0.2, 0) is 0 Å². The second kappa shape index (κ2) is 14.8. The molecule has 1 aliphatic rings. The highest BCUT2D eigenvalue weighted by molar-refractivity contribution is 6.07. The molecule has 0 fully saturated rings. The molecule has 2 nitrogen and oxygen atoms in total. The summed E-state index contributed by atoms with van der Waals surface area (Å²) in [6.07, 6.45) is 0. The maximum absolute atomic E-state index is 6.39. The summed E-state index contributed by atoms with van der Waals surface area (Å²) < 4.78 is 6.39. The summed E-state index contributed by atoms with van der Waals surface area (Å²) in [5, 5.41) is 7.29. The van der Waals surface area contributed by atoms with Gasteiger partial charge in [0.05, 0.1) is 5.69 Å². The zero-order chi connectivity index (χ0) is 41.0. The van der Waals surface area contributed by atoms with Crippen molar-refractivity contribution in [3.05, 3.63) is 237 Å².